The first-order chi connectivity index (χ1) is 10.5. The van der Waals surface area contributed by atoms with E-state index in [1.54, 1.807) is 0 Å². The van der Waals surface area contributed by atoms with Crippen LogP contribution in [-0.4, -0.2) is 42.1 Å². The van der Waals surface area contributed by atoms with E-state index in [1.807, 2.05) is 18.2 Å². The van der Waals surface area contributed by atoms with E-state index in [1.165, 1.54) is 0 Å². The zero-order valence-corrected chi connectivity index (χ0v) is 17.7. The smallest absolute Gasteiger partial charge is 1.00 e. The molecule has 25 heavy (non-hydrogen) atoms. The summed E-state index contributed by atoms with van der Waals surface area (Å²) < 4.78 is 11.4. The monoisotopic (exact) mass is 422 g/mol. The molecule has 1 radical (unpaired) electrons. The second-order valence-corrected chi connectivity index (χ2v) is 6.52. The molecule has 0 saturated heterocycles. The van der Waals surface area contributed by atoms with Gasteiger partial charge in [-0.25, -0.2) is 15.0 Å². The van der Waals surface area contributed by atoms with Gasteiger partial charge < -0.3 is 34.3 Å². The molecule has 8 heteroatoms. The number of hydrogen-bond donors (Lipinski definition) is 0. The Morgan fingerprint density at radius 3 is 1.56 bits per heavy atom. The van der Waals surface area contributed by atoms with E-state index < -0.39 is 0 Å². The van der Waals surface area contributed by atoms with Crippen LogP contribution in [0.5, 0.6) is 0 Å². The van der Waals surface area contributed by atoms with Crippen molar-refractivity contribution < 1.29 is 52.8 Å². The van der Waals surface area contributed by atoms with Gasteiger partial charge in [0.05, 0.1) is 12.1 Å². The zero-order valence-electron chi connectivity index (χ0n) is 14.8. The van der Waals surface area contributed by atoms with Crippen molar-refractivity contribution >= 4 is 11.8 Å². The molecule has 0 saturated carbocycles. The van der Waals surface area contributed by atoms with Crippen molar-refractivity contribution in [1.82, 2.24) is 4.98 Å². The van der Waals surface area contributed by atoms with Gasteiger partial charge in [-0.05, 0) is 24.0 Å². The maximum atomic E-state index is 5.70. The third kappa shape index (κ3) is 5.61. The van der Waals surface area contributed by atoms with Crippen LogP contribution in [0.25, 0.3) is 0 Å². The molecular weight excluding hydrogens is 400 g/mol. The number of aromatic nitrogens is 1. The van der Waals surface area contributed by atoms with Crippen LogP contribution in [0.2, 0.25) is 0 Å². The number of aliphatic imine (C=N–C) groups is 2. The van der Waals surface area contributed by atoms with Crippen molar-refractivity contribution in [3.05, 3.63) is 29.6 Å². The van der Waals surface area contributed by atoms with E-state index in [4.69, 9.17) is 9.47 Å². The van der Waals surface area contributed by atoms with Gasteiger partial charge >= 0.3 is 18.6 Å². The van der Waals surface area contributed by atoms with Crippen LogP contribution in [0, 0.1) is 11.8 Å². The van der Waals surface area contributed by atoms with Crippen LogP contribution in [0.1, 0.15) is 39.1 Å². The molecule has 0 amide bonds. The number of pyridine rings is 1. The molecular formula is C17H23Cl2N3O2V. The van der Waals surface area contributed by atoms with Crippen molar-refractivity contribution in [1.29, 1.82) is 0 Å². The van der Waals surface area contributed by atoms with Crippen LogP contribution in [0.15, 0.2) is 28.2 Å². The Labute approximate surface area is 173 Å². The number of halogens is 2. The Hall–Kier alpha value is -0.746. The average Bonchev–Trinajstić information content (AvgIpc) is 3.17. The fourth-order valence-corrected chi connectivity index (χ4v) is 2.42. The quantitative estimate of drug-likeness (QED) is 0.510. The topological polar surface area (TPSA) is 56.1 Å². The van der Waals surface area contributed by atoms with Gasteiger partial charge in [0.2, 0.25) is 11.8 Å². The molecule has 0 aliphatic carbocycles. The fraction of sp³-hybridized carbons (Fsp3) is 0.588. The second-order valence-electron chi connectivity index (χ2n) is 6.52. The van der Waals surface area contributed by atoms with Crippen LogP contribution < -0.4 is 24.8 Å². The number of rotatable bonds is 4. The Morgan fingerprint density at radius 2 is 1.24 bits per heavy atom. The summed E-state index contributed by atoms with van der Waals surface area (Å²) in [4.78, 5) is 13.9. The second kappa shape index (κ2) is 10.4. The van der Waals surface area contributed by atoms with Gasteiger partial charge in [0, 0.05) is 0 Å². The predicted molar refractivity (Wildman–Crippen MR) is 86.5 cm³/mol. The SMILES string of the molecule is CC(C)[C@H]1COC(c2cccc(C3=N[C@@H](C(C)C)CO3)n2)=N1.[Cl-].[Cl-].[V+2]. The van der Waals surface area contributed by atoms with Gasteiger partial charge in [0.25, 0.3) is 0 Å². The minimum Gasteiger partial charge on any atom is -1.00 e. The molecule has 2 atom stereocenters. The summed E-state index contributed by atoms with van der Waals surface area (Å²) >= 11 is 0. The molecule has 0 bridgehead atoms. The van der Waals surface area contributed by atoms with Crippen molar-refractivity contribution in [2.45, 2.75) is 39.8 Å². The molecule has 137 valence electrons. The molecule has 0 fully saturated rings. The average molecular weight is 423 g/mol. The number of hydrogen-bond acceptors (Lipinski definition) is 5. The molecule has 0 unspecified atom stereocenters. The summed E-state index contributed by atoms with van der Waals surface area (Å²) in [6, 6.07) is 6.21. The van der Waals surface area contributed by atoms with Crippen LogP contribution in [0.3, 0.4) is 0 Å². The summed E-state index contributed by atoms with van der Waals surface area (Å²) in [5.41, 5.74) is 1.50. The van der Waals surface area contributed by atoms with Gasteiger partial charge in [-0.1, -0.05) is 33.8 Å². The summed E-state index contributed by atoms with van der Waals surface area (Å²) in [6.45, 7) is 9.86. The van der Waals surface area contributed by atoms with Gasteiger partial charge in [-0.2, -0.15) is 0 Å². The van der Waals surface area contributed by atoms with E-state index in [0.717, 1.165) is 11.4 Å². The van der Waals surface area contributed by atoms with Crippen molar-refractivity contribution in [3.8, 4) is 0 Å². The van der Waals surface area contributed by atoms with Gasteiger partial charge in [-0.3, -0.25) is 0 Å². The first kappa shape index (κ1) is 24.3. The van der Waals surface area contributed by atoms with E-state index in [-0.39, 0.29) is 55.5 Å². The van der Waals surface area contributed by atoms with Crippen LogP contribution in [-0.2, 0) is 28.0 Å². The Bertz CT molecular complexity index is 574. The third-order valence-electron chi connectivity index (χ3n) is 4.07. The number of ether oxygens (including phenoxy) is 2. The molecule has 5 nitrogen and oxygen atoms in total. The maximum Gasteiger partial charge on any atom is 2.00 e. The van der Waals surface area contributed by atoms with Crippen molar-refractivity contribution in [2.75, 3.05) is 13.2 Å². The normalized spacial score (nSPS) is 21.4. The molecule has 3 rings (SSSR count). The molecule has 0 aromatic carbocycles. The third-order valence-corrected chi connectivity index (χ3v) is 4.07. The molecule has 1 aromatic heterocycles. The molecule has 3 heterocycles. The standard InChI is InChI=1S/C17H23N3O2.2ClH.V/c1-10(2)14-8-21-16(19-14)12-6-5-7-13(18-12)17-20-15(9-22-17)11(3)4;;;/h5-7,10-11,14-15H,8-9H2,1-4H3;2*1H;/q;;;+2/p-2/t14-,15-;;;/m1.../s1. The molecule has 0 spiro atoms. The Balaban J connectivity index is 0.00000192. The number of nitrogens with zero attached hydrogens (tertiary/aromatic N) is 3. The molecule has 1 aromatic rings. The van der Waals surface area contributed by atoms with E-state index in [0.29, 0.717) is 36.8 Å². The Kier molecular flexibility index (Phi) is 10.1. The molecule has 2 aliphatic rings. The van der Waals surface area contributed by atoms with E-state index >= 15 is 0 Å². The maximum absolute atomic E-state index is 5.70. The predicted octanol–water partition coefficient (Wildman–Crippen LogP) is -3.31. The Morgan fingerprint density at radius 1 is 0.840 bits per heavy atom. The van der Waals surface area contributed by atoms with Crippen LogP contribution >= 0.6 is 0 Å². The largest absolute Gasteiger partial charge is 2.00 e. The summed E-state index contributed by atoms with van der Waals surface area (Å²) in [7, 11) is 0. The van der Waals surface area contributed by atoms with E-state index in [2.05, 4.69) is 42.7 Å². The minimum absolute atomic E-state index is 0. The van der Waals surface area contributed by atoms with E-state index in [9.17, 15) is 0 Å². The van der Waals surface area contributed by atoms with Gasteiger partial charge in [0.1, 0.15) is 24.6 Å². The molecule has 0 N–H and O–H groups in total. The molecule has 2 aliphatic heterocycles. The first-order valence-electron chi connectivity index (χ1n) is 7.93. The van der Waals surface area contributed by atoms with Crippen molar-refractivity contribution in [2.24, 2.45) is 21.8 Å². The summed E-state index contributed by atoms with van der Waals surface area (Å²) in [5, 5.41) is 0. The summed E-state index contributed by atoms with van der Waals surface area (Å²) in [5.74, 6) is 2.18. The fourth-order valence-electron chi connectivity index (χ4n) is 2.42. The minimum atomic E-state index is 0. The zero-order chi connectivity index (χ0) is 15.7. The van der Waals surface area contributed by atoms with Crippen molar-refractivity contribution in [3.63, 3.8) is 0 Å². The first-order valence-corrected chi connectivity index (χ1v) is 7.93. The van der Waals surface area contributed by atoms with Gasteiger partial charge in [-0.15, -0.1) is 0 Å². The van der Waals surface area contributed by atoms with Crippen LogP contribution in [0.4, 0.5) is 0 Å². The van der Waals surface area contributed by atoms with Gasteiger partial charge in [0.15, 0.2) is 0 Å². The summed E-state index contributed by atoms with van der Waals surface area (Å²) in [6.07, 6.45) is 0.